The first kappa shape index (κ1) is 24.8. The number of amides is 2. The summed E-state index contributed by atoms with van der Waals surface area (Å²) < 4.78 is 16.5. The molecule has 1 aliphatic heterocycles. The highest BCUT2D eigenvalue weighted by atomic mass is 16.5. The second kappa shape index (κ2) is 11.9. The molecule has 188 valence electrons. The summed E-state index contributed by atoms with van der Waals surface area (Å²) in [5.74, 6) is 1.82. The first-order valence-electron chi connectivity index (χ1n) is 12.7. The van der Waals surface area contributed by atoms with E-state index in [-0.39, 0.29) is 35.7 Å². The second-order valence-electron chi connectivity index (χ2n) is 9.83. The van der Waals surface area contributed by atoms with Crippen molar-refractivity contribution in [2.45, 2.75) is 63.6 Å². The summed E-state index contributed by atoms with van der Waals surface area (Å²) in [5, 5.41) is 6.55. The fraction of sp³-hybridized carbons (Fsp3) is 0.692. The van der Waals surface area contributed by atoms with Gasteiger partial charge in [0.2, 0.25) is 11.8 Å². The zero-order valence-corrected chi connectivity index (χ0v) is 20.5. The van der Waals surface area contributed by atoms with Crippen LogP contribution < -0.4 is 20.1 Å². The van der Waals surface area contributed by atoms with Crippen molar-refractivity contribution in [2.75, 3.05) is 40.5 Å². The summed E-state index contributed by atoms with van der Waals surface area (Å²) in [6.07, 6.45) is 6.70. The molecule has 1 heterocycles. The molecule has 0 bridgehead atoms. The Labute approximate surface area is 202 Å². The average Bonchev–Trinajstić information content (AvgIpc) is 3.64. The summed E-state index contributed by atoms with van der Waals surface area (Å²) in [4.78, 5) is 28.0. The van der Waals surface area contributed by atoms with Crippen LogP contribution in [0.5, 0.6) is 11.5 Å². The molecule has 3 aliphatic rings. The van der Waals surface area contributed by atoms with Crippen molar-refractivity contribution in [3.8, 4) is 11.5 Å². The highest BCUT2D eigenvalue weighted by molar-refractivity contribution is 5.81. The molecule has 2 amide bonds. The van der Waals surface area contributed by atoms with Crippen molar-refractivity contribution in [3.63, 3.8) is 0 Å². The van der Waals surface area contributed by atoms with Gasteiger partial charge in [-0.1, -0.05) is 6.42 Å². The van der Waals surface area contributed by atoms with E-state index in [2.05, 4.69) is 10.6 Å². The second-order valence-corrected chi connectivity index (χ2v) is 9.83. The summed E-state index contributed by atoms with van der Waals surface area (Å²) >= 11 is 0. The van der Waals surface area contributed by atoms with Gasteiger partial charge in [-0.05, 0) is 49.8 Å². The van der Waals surface area contributed by atoms with Crippen LogP contribution in [0.25, 0.3) is 0 Å². The minimum Gasteiger partial charge on any atom is -0.497 e. The molecule has 2 saturated carbocycles. The molecule has 1 saturated heterocycles. The van der Waals surface area contributed by atoms with Crippen molar-refractivity contribution < 1.29 is 23.8 Å². The molecule has 34 heavy (non-hydrogen) atoms. The quantitative estimate of drug-likeness (QED) is 0.454. The summed E-state index contributed by atoms with van der Waals surface area (Å²) in [7, 11) is 3.32. The first-order valence-corrected chi connectivity index (χ1v) is 12.7. The molecule has 0 aromatic heterocycles. The van der Waals surface area contributed by atoms with Gasteiger partial charge in [0.05, 0.1) is 19.6 Å². The number of ether oxygens (including phenoxy) is 3. The zero-order chi connectivity index (χ0) is 23.9. The fourth-order valence-electron chi connectivity index (χ4n) is 4.75. The highest BCUT2D eigenvalue weighted by Crippen LogP contribution is 2.33. The topological polar surface area (TPSA) is 89.1 Å². The van der Waals surface area contributed by atoms with Crippen LogP contribution in [0.1, 0.15) is 50.5 Å². The lowest BCUT2D eigenvalue weighted by Crippen LogP contribution is -2.54. The van der Waals surface area contributed by atoms with E-state index in [0.717, 1.165) is 62.1 Å². The Morgan fingerprint density at radius 3 is 2.50 bits per heavy atom. The van der Waals surface area contributed by atoms with Crippen LogP contribution in [0.15, 0.2) is 18.2 Å². The van der Waals surface area contributed by atoms with Gasteiger partial charge in [0.1, 0.15) is 11.5 Å². The van der Waals surface area contributed by atoms with Crippen LogP contribution in [0, 0.1) is 11.8 Å². The Bertz CT molecular complexity index is 840. The van der Waals surface area contributed by atoms with Gasteiger partial charge in [0, 0.05) is 63.8 Å². The molecule has 1 aromatic carbocycles. The number of carbonyl (C=O) groups excluding carboxylic acids is 2. The van der Waals surface area contributed by atoms with Crippen LogP contribution in [-0.4, -0.2) is 69.3 Å². The summed E-state index contributed by atoms with van der Waals surface area (Å²) in [5.41, 5.74) is 1.000. The molecule has 0 unspecified atom stereocenters. The summed E-state index contributed by atoms with van der Waals surface area (Å²) in [6, 6.07) is 6.15. The Balaban J connectivity index is 1.38. The smallest absolute Gasteiger partial charge is 0.227 e. The number of benzene rings is 1. The van der Waals surface area contributed by atoms with E-state index in [9.17, 15) is 9.59 Å². The van der Waals surface area contributed by atoms with Gasteiger partial charge in [0.25, 0.3) is 0 Å². The van der Waals surface area contributed by atoms with Crippen LogP contribution in [0.4, 0.5) is 0 Å². The zero-order valence-electron chi connectivity index (χ0n) is 20.5. The Morgan fingerprint density at radius 1 is 1.03 bits per heavy atom. The molecular weight excluding hydrogens is 434 g/mol. The number of carbonyl (C=O) groups is 2. The third kappa shape index (κ3) is 6.63. The number of hydrogen-bond acceptors (Lipinski definition) is 6. The van der Waals surface area contributed by atoms with Crippen LogP contribution in [0.3, 0.4) is 0 Å². The Kier molecular flexibility index (Phi) is 8.67. The van der Waals surface area contributed by atoms with E-state index in [1.807, 2.05) is 23.1 Å². The standard InChI is InChI=1S/C26H39N3O5/c1-32-9-4-10-34-24-12-18(11-23(14-24)33-2)17-29(22-7-8-22)26(31)20-13-21(16-27-15-20)28-25(30)19-5-3-6-19/h11-12,14,19-22,27H,3-10,13,15-17H2,1-2H3,(H,28,30)/t20-,21-/m0/s1. The predicted molar refractivity (Wildman–Crippen MR) is 129 cm³/mol. The maximum absolute atomic E-state index is 13.6. The normalized spacial score (nSPS) is 22.5. The van der Waals surface area contributed by atoms with E-state index in [4.69, 9.17) is 14.2 Å². The number of rotatable bonds is 12. The number of methoxy groups -OCH3 is 2. The molecule has 2 N–H and O–H groups in total. The van der Waals surface area contributed by atoms with Crippen LogP contribution in [0.2, 0.25) is 0 Å². The van der Waals surface area contributed by atoms with Gasteiger partial charge in [-0.2, -0.15) is 0 Å². The Morgan fingerprint density at radius 2 is 1.82 bits per heavy atom. The number of nitrogens with zero attached hydrogens (tertiary/aromatic N) is 1. The van der Waals surface area contributed by atoms with Crippen molar-refractivity contribution in [2.24, 2.45) is 11.8 Å². The lowest BCUT2D eigenvalue weighted by atomic mass is 9.84. The highest BCUT2D eigenvalue weighted by Gasteiger charge is 2.38. The molecule has 1 aromatic rings. The van der Waals surface area contributed by atoms with Crippen LogP contribution in [-0.2, 0) is 20.9 Å². The van der Waals surface area contributed by atoms with Gasteiger partial charge in [-0.3, -0.25) is 9.59 Å². The molecule has 2 atom stereocenters. The SMILES string of the molecule is COCCCOc1cc(CN(C(=O)[C@@H]2CNC[C@@H](NC(=O)C3CCC3)C2)C2CC2)cc(OC)c1. The first-order chi connectivity index (χ1) is 16.6. The van der Waals surface area contributed by atoms with Crippen molar-refractivity contribution in [1.29, 1.82) is 0 Å². The molecule has 3 fully saturated rings. The van der Waals surface area contributed by atoms with E-state index < -0.39 is 0 Å². The van der Waals surface area contributed by atoms with Gasteiger partial charge < -0.3 is 29.7 Å². The lowest BCUT2D eigenvalue weighted by molar-refractivity contribution is -0.138. The van der Waals surface area contributed by atoms with Crippen molar-refractivity contribution in [3.05, 3.63) is 23.8 Å². The number of nitrogens with one attached hydrogen (secondary N) is 2. The maximum atomic E-state index is 13.6. The minimum atomic E-state index is -0.128. The van der Waals surface area contributed by atoms with Crippen molar-refractivity contribution in [1.82, 2.24) is 15.5 Å². The molecule has 0 spiro atoms. The molecule has 4 rings (SSSR count). The Hall–Kier alpha value is -2.32. The third-order valence-corrected chi connectivity index (χ3v) is 7.08. The van der Waals surface area contributed by atoms with Gasteiger partial charge in [-0.25, -0.2) is 0 Å². The van der Waals surface area contributed by atoms with Crippen LogP contribution >= 0.6 is 0 Å². The lowest BCUT2D eigenvalue weighted by Gasteiger charge is -2.35. The summed E-state index contributed by atoms with van der Waals surface area (Å²) in [6.45, 7) is 3.13. The number of hydrogen-bond donors (Lipinski definition) is 2. The molecule has 2 aliphatic carbocycles. The van der Waals surface area contributed by atoms with E-state index in [1.54, 1.807) is 14.2 Å². The molecular formula is C26H39N3O5. The predicted octanol–water partition coefficient (Wildman–Crippen LogP) is 2.50. The van der Waals surface area contributed by atoms with E-state index in [0.29, 0.717) is 32.7 Å². The monoisotopic (exact) mass is 473 g/mol. The molecule has 0 radical (unpaired) electrons. The average molecular weight is 474 g/mol. The van der Waals surface area contributed by atoms with Crippen molar-refractivity contribution >= 4 is 11.8 Å². The van der Waals surface area contributed by atoms with E-state index >= 15 is 0 Å². The largest absolute Gasteiger partial charge is 0.497 e. The maximum Gasteiger partial charge on any atom is 0.227 e. The third-order valence-electron chi connectivity index (χ3n) is 7.08. The van der Waals surface area contributed by atoms with Gasteiger partial charge in [-0.15, -0.1) is 0 Å². The molecule has 8 nitrogen and oxygen atoms in total. The number of piperidine rings is 1. The van der Waals surface area contributed by atoms with E-state index in [1.165, 1.54) is 0 Å². The van der Waals surface area contributed by atoms with Gasteiger partial charge in [0.15, 0.2) is 0 Å². The minimum absolute atomic E-state index is 0.0146. The van der Waals surface area contributed by atoms with Gasteiger partial charge >= 0.3 is 0 Å². The fourth-order valence-corrected chi connectivity index (χ4v) is 4.75. The molecule has 8 heteroatoms.